The number of nitrogens with one attached hydrogen (secondary N) is 1. The second-order valence-corrected chi connectivity index (χ2v) is 3.68. The molecule has 1 saturated heterocycles. The average Bonchev–Trinajstić information content (AvgIpc) is 2.39. The van der Waals surface area contributed by atoms with E-state index in [4.69, 9.17) is 0 Å². The number of carbonyl (C=O) groups is 1. The van der Waals surface area contributed by atoms with Crippen molar-refractivity contribution in [1.82, 2.24) is 5.32 Å². The van der Waals surface area contributed by atoms with E-state index in [1.165, 1.54) is 0 Å². The van der Waals surface area contributed by atoms with Gasteiger partial charge in [-0.2, -0.15) is 0 Å². The zero-order chi connectivity index (χ0) is 11.4. The molecule has 2 rings (SSSR count). The van der Waals surface area contributed by atoms with Crippen molar-refractivity contribution in [3.63, 3.8) is 0 Å². The van der Waals surface area contributed by atoms with E-state index in [-0.39, 0.29) is 0 Å². The van der Waals surface area contributed by atoms with Gasteiger partial charge in [0.2, 0.25) is 0 Å². The minimum Gasteiger partial charge on any atom is -0.369 e. The van der Waals surface area contributed by atoms with Crippen LogP contribution in [0.4, 0.5) is 5.69 Å². The van der Waals surface area contributed by atoms with Gasteiger partial charge < -0.3 is 10.2 Å². The van der Waals surface area contributed by atoms with Crippen LogP contribution in [-0.2, 0) is 0 Å². The predicted octanol–water partition coefficient (Wildman–Crippen LogP) is 1.00. The zero-order valence-electron chi connectivity index (χ0n) is 8.85. The highest BCUT2D eigenvalue weighted by Gasteiger charge is 2.12. The minimum absolute atomic E-state index is 0.353. The van der Waals surface area contributed by atoms with Crippen LogP contribution < -0.4 is 10.2 Å². The molecular weight excluding hydrogens is 206 g/mol. The fourth-order valence-electron chi connectivity index (χ4n) is 1.81. The Morgan fingerprint density at radius 1 is 1.31 bits per heavy atom. The number of carbonyl (C=O) groups excluding carboxylic acids is 1. The van der Waals surface area contributed by atoms with Gasteiger partial charge in [-0.25, -0.2) is 0 Å². The van der Waals surface area contributed by atoms with Crippen LogP contribution in [-0.4, -0.2) is 32.1 Å². The Balaban J connectivity index is 2.20. The maximum atomic E-state index is 11.1. The first-order valence-corrected chi connectivity index (χ1v) is 5.24. The van der Waals surface area contributed by atoms with E-state index in [1.807, 2.05) is 6.07 Å². The molecule has 0 atom stereocenters. The monoisotopic (exact) mass is 219 g/mol. The van der Waals surface area contributed by atoms with Gasteiger partial charge in [-0.05, 0) is 18.2 Å². The molecule has 1 amide bonds. The maximum Gasteiger partial charge on any atom is 0.316 e. The summed E-state index contributed by atoms with van der Waals surface area (Å²) in [4.78, 5) is 23.5. The van der Waals surface area contributed by atoms with Gasteiger partial charge in [-0.15, -0.1) is 4.91 Å². The number of rotatable bonds is 2. The number of hydrogen-bond donors (Lipinski definition) is 1. The molecule has 1 aromatic carbocycles. The topological polar surface area (TPSA) is 61.8 Å². The summed E-state index contributed by atoms with van der Waals surface area (Å²) in [5.74, 6) is -0.711. The Labute approximate surface area is 93.4 Å². The number of amides is 1. The fraction of sp³-hybridized carbons (Fsp3) is 0.364. The van der Waals surface area contributed by atoms with E-state index in [1.54, 1.807) is 18.2 Å². The number of hydrogen-bond acceptors (Lipinski definition) is 4. The van der Waals surface area contributed by atoms with Gasteiger partial charge in [-0.1, -0.05) is 6.07 Å². The van der Waals surface area contributed by atoms with Crippen molar-refractivity contribution < 1.29 is 4.79 Å². The van der Waals surface area contributed by atoms with Gasteiger partial charge in [0.1, 0.15) is 0 Å². The Morgan fingerprint density at radius 3 is 2.75 bits per heavy atom. The van der Waals surface area contributed by atoms with Gasteiger partial charge in [0.25, 0.3) is 0 Å². The van der Waals surface area contributed by atoms with E-state index < -0.39 is 5.91 Å². The molecule has 84 valence electrons. The summed E-state index contributed by atoms with van der Waals surface area (Å²) in [5.41, 5.74) is 1.32. The summed E-state index contributed by atoms with van der Waals surface area (Å²) in [7, 11) is 0. The summed E-state index contributed by atoms with van der Waals surface area (Å²) in [6.07, 6.45) is 0. The van der Waals surface area contributed by atoms with Crippen LogP contribution in [0.15, 0.2) is 29.4 Å². The molecule has 0 saturated carbocycles. The smallest absolute Gasteiger partial charge is 0.316 e. The van der Waals surface area contributed by atoms with Crippen molar-refractivity contribution in [2.24, 2.45) is 5.18 Å². The lowest BCUT2D eigenvalue weighted by Crippen LogP contribution is -2.43. The normalized spacial score (nSPS) is 15.9. The molecule has 5 nitrogen and oxygen atoms in total. The lowest BCUT2D eigenvalue weighted by atomic mass is 10.1. The highest BCUT2D eigenvalue weighted by Crippen LogP contribution is 2.17. The van der Waals surface area contributed by atoms with Crippen LogP contribution in [0.25, 0.3) is 0 Å². The van der Waals surface area contributed by atoms with Crippen molar-refractivity contribution in [2.75, 3.05) is 31.1 Å². The summed E-state index contributed by atoms with van der Waals surface area (Å²) >= 11 is 0. The molecule has 16 heavy (non-hydrogen) atoms. The molecule has 1 aromatic rings. The molecule has 0 spiro atoms. The second-order valence-electron chi connectivity index (χ2n) is 3.68. The molecule has 0 aliphatic carbocycles. The molecule has 1 fully saturated rings. The molecule has 5 heteroatoms. The third kappa shape index (κ3) is 2.25. The zero-order valence-corrected chi connectivity index (χ0v) is 8.85. The van der Waals surface area contributed by atoms with Gasteiger partial charge in [-0.3, -0.25) is 4.79 Å². The molecule has 0 unspecified atom stereocenters. The van der Waals surface area contributed by atoms with Gasteiger partial charge in [0, 0.05) is 42.6 Å². The third-order valence-corrected chi connectivity index (χ3v) is 2.66. The van der Waals surface area contributed by atoms with E-state index in [0.29, 0.717) is 5.56 Å². The molecule has 1 aliphatic rings. The lowest BCUT2D eigenvalue weighted by Gasteiger charge is -2.29. The van der Waals surface area contributed by atoms with Gasteiger partial charge in [0.05, 0.1) is 0 Å². The lowest BCUT2D eigenvalue weighted by molar-refractivity contribution is 0.100. The molecule has 1 heterocycles. The van der Waals surface area contributed by atoms with Crippen molar-refractivity contribution in [2.45, 2.75) is 0 Å². The van der Waals surface area contributed by atoms with Crippen molar-refractivity contribution in [1.29, 1.82) is 0 Å². The average molecular weight is 219 g/mol. The first kappa shape index (κ1) is 10.8. The van der Waals surface area contributed by atoms with E-state index in [0.717, 1.165) is 31.9 Å². The minimum atomic E-state index is -0.711. The third-order valence-electron chi connectivity index (χ3n) is 2.66. The van der Waals surface area contributed by atoms with Crippen LogP contribution in [0.2, 0.25) is 0 Å². The maximum absolute atomic E-state index is 11.1. The summed E-state index contributed by atoms with van der Waals surface area (Å²) in [6, 6.07) is 7.03. The van der Waals surface area contributed by atoms with Crippen molar-refractivity contribution in [3.8, 4) is 0 Å². The molecule has 1 N–H and O–H groups in total. The predicted molar refractivity (Wildman–Crippen MR) is 61.7 cm³/mol. The number of nitroso groups, excluding NO2 is 1. The highest BCUT2D eigenvalue weighted by atomic mass is 16.3. The number of benzene rings is 1. The fourth-order valence-corrected chi connectivity index (χ4v) is 1.81. The van der Waals surface area contributed by atoms with Crippen molar-refractivity contribution in [3.05, 3.63) is 34.7 Å². The number of nitrogens with zero attached hydrogens (tertiary/aromatic N) is 2. The van der Waals surface area contributed by atoms with Crippen LogP contribution in [0.5, 0.6) is 0 Å². The first-order valence-electron chi connectivity index (χ1n) is 5.24. The SMILES string of the molecule is O=NC(=O)c1cccc(N2CCNCC2)c1. The quantitative estimate of drug-likeness (QED) is 0.754. The molecule has 0 bridgehead atoms. The number of anilines is 1. The van der Waals surface area contributed by atoms with E-state index in [9.17, 15) is 9.70 Å². The summed E-state index contributed by atoms with van der Waals surface area (Å²) in [6.45, 7) is 3.69. The van der Waals surface area contributed by atoms with Crippen LogP contribution in [0.1, 0.15) is 10.4 Å². The highest BCUT2D eigenvalue weighted by molar-refractivity contribution is 5.95. The van der Waals surface area contributed by atoms with Crippen LogP contribution in [0, 0.1) is 4.91 Å². The summed E-state index contributed by atoms with van der Waals surface area (Å²) < 4.78 is 0. The Bertz CT molecular complexity index is 400. The Morgan fingerprint density at radius 2 is 2.06 bits per heavy atom. The summed E-state index contributed by atoms with van der Waals surface area (Å²) in [5, 5.41) is 5.68. The van der Waals surface area contributed by atoms with Crippen LogP contribution >= 0.6 is 0 Å². The molecule has 1 aliphatic heterocycles. The van der Waals surface area contributed by atoms with E-state index >= 15 is 0 Å². The largest absolute Gasteiger partial charge is 0.369 e. The van der Waals surface area contributed by atoms with Crippen LogP contribution in [0.3, 0.4) is 0 Å². The molecule has 0 radical (unpaired) electrons. The number of piperazine rings is 1. The first-order chi connectivity index (χ1) is 7.81. The van der Waals surface area contributed by atoms with E-state index in [2.05, 4.69) is 15.4 Å². The van der Waals surface area contributed by atoms with Gasteiger partial charge in [0.15, 0.2) is 0 Å². The molecule has 0 aromatic heterocycles. The van der Waals surface area contributed by atoms with Gasteiger partial charge >= 0.3 is 5.91 Å². The Hall–Kier alpha value is -1.75. The van der Waals surface area contributed by atoms with Crippen molar-refractivity contribution >= 4 is 11.6 Å². The molecular formula is C11H13N3O2. The standard InChI is InChI=1S/C11H13N3O2/c15-11(13-16)9-2-1-3-10(8-9)14-6-4-12-5-7-14/h1-3,8,12H,4-7H2. The Kier molecular flexibility index (Phi) is 3.26. The second kappa shape index (κ2) is 4.85.